The summed E-state index contributed by atoms with van der Waals surface area (Å²) in [5.74, 6) is 2.10. The zero-order chi connectivity index (χ0) is 19.0. The Balaban J connectivity index is 1.41. The number of aromatic nitrogens is 3. The van der Waals surface area contributed by atoms with Crippen LogP contribution in [0.4, 0.5) is 5.95 Å². The van der Waals surface area contributed by atoms with Crippen LogP contribution in [0.2, 0.25) is 0 Å². The quantitative estimate of drug-likeness (QED) is 0.784. The van der Waals surface area contributed by atoms with Gasteiger partial charge in [-0.05, 0) is 38.0 Å². The van der Waals surface area contributed by atoms with Crippen molar-refractivity contribution in [1.82, 2.24) is 19.3 Å². The molecular formula is C17H23N5O3S2. The molecule has 4 rings (SSSR count). The zero-order valence-electron chi connectivity index (χ0n) is 15.1. The van der Waals surface area contributed by atoms with E-state index in [9.17, 15) is 13.2 Å². The first-order valence-corrected chi connectivity index (χ1v) is 11.8. The van der Waals surface area contributed by atoms with Crippen LogP contribution >= 0.6 is 11.8 Å². The molecule has 2 aliphatic heterocycles. The van der Waals surface area contributed by atoms with Crippen molar-refractivity contribution in [2.24, 2.45) is 0 Å². The van der Waals surface area contributed by atoms with Crippen LogP contribution in [-0.4, -0.2) is 63.6 Å². The third-order valence-corrected chi connectivity index (χ3v) is 8.94. The normalized spacial score (nSPS) is 22.3. The van der Waals surface area contributed by atoms with E-state index in [0.717, 1.165) is 17.6 Å². The summed E-state index contributed by atoms with van der Waals surface area (Å²) in [7, 11) is -3.18. The Morgan fingerprint density at radius 1 is 1.30 bits per heavy atom. The molecule has 0 aromatic carbocycles. The van der Waals surface area contributed by atoms with Gasteiger partial charge in [-0.2, -0.15) is 16.7 Å². The third kappa shape index (κ3) is 3.83. The fraction of sp³-hybridized carbons (Fsp3) is 0.588. The fourth-order valence-corrected chi connectivity index (χ4v) is 7.30. The number of piperidine rings is 1. The maximum Gasteiger partial charge on any atom is 0.252 e. The number of nitrogens with zero attached hydrogens (tertiary/aromatic N) is 3. The lowest BCUT2D eigenvalue weighted by Gasteiger charge is -2.33. The Labute approximate surface area is 162 Å². The summed E-state index contributed by atoms with van der Waals surface area (Å²) in [6, 6.07) is 1.88. The molecule has 1 unspecified atom stereocenters. The molecule has 2 aliphatic rings. The average molecular weight is 410 g/mol. The molecular weight excluding hydrogens is 386 g/mol. The Bertz CT molecular complexity index is 993. The lowest BCUT2D eigenvalue weighted by Crippen LogP contribution is -2.46. The van der Waals surface area contributed by atoms with Crippen LogP contribution in [0.15, 0.2) is 17.1 Å². The van der Waals surface area contributed by atoms with Crippen molar-refractivity contribution in [2.45, 2.75) is 37.5 Å². The number of pyridine rings is 1. The van der Waals surface area contributed by atoms with Crippen molar-refractivity contribution in [2.75, 3.05) is 29.9 Å². The Hall–Kier alpha value is -1.65. The van der Waals surface area contributed by atoms with Gasteiger partial charge < -0.3 is 10.3 Å². The van der Waals surface area contributed by atoms with E-state index in [1.165, 1.54) is 0 Å². The molecule has 0 amide bonds. The minimum Gasteiger partial charge on any atom is -0.351 e. The highest BCUT2D eigenvalue weighted by Gasteiger charge is 2.36. The van der Waals surface area contributed by atoms with Crippen molar-refractivity contribution >= 4 is 38.8 Å². The molecule has 2 aromatic rings. The number of fused-ring (bicyclic) bond motifs is 1. The monoisotopic (exact) mass is 409 g/mol. The second-order valence-corrected chi connectivity index (χ2v) is 10.5. The van der Waals surface area contributed by atoms with E-state index in [1.807, 2.05) is 0 Å². The molecule has 0 radical (unpaired) electrons. The van der Waals surface area contributed by atoms with Crippen molar-refractivity contribution in [3.05, 3.63) is 28.2 Å². The predicted octanol–water partition coefficient (Wildman–Crippen LogP) is 1.34. The number of hydrogen-bond donors (Lipinski definition) is 2. The minimum atomic E-state index is -3.18. The van der Waals surface area contributed by atoms with Crippen molar-refractivity contribution in [1.29, 1.82) is 0 Å². The highest BCUT2D eigenvalue weighted by atomic mass is 32.2. The zero-order valence-corrected chi connectivity index (χ0v) is 16.8. The number of aromatic amines is 1. The summed E-state index contributed by atoms with van der Waals surface area (Å²) in [5.41, 5.74) is 0.971. The molecule has 1 atom stereocenters. The van der Waals surface area contributed by atoms with Gasteiger partial charge in [0.25, 0.3) is 5.56 Å². The number of aryl methyl sites for hydroxylation is 1. The first-order chi connectivity index (χ1) is 12.9. The molecule has 0 aliphatic carbocycles. The number of H-pyrrole nitrogens is 1. The minimum absolute atomic E-state index is 0.115. The largest absolute Gasteiger partial charge is 0.351 e. The number of rotatable bonds is 4. The fourth-order valence-electron chi connectivity index (χ4n) is 3.57. The predicted molar refractivity (Wildman–Crippen MR) is 108 cm³/mol. The lowest BCUT2D eigenvalue weighted by molar-refractivity contribution is 0.326. The molecule has 2 aromatic heterocycles. The second kappa shape index (κ2) is 7.40. The highest BCUT2D eigenvalue weighted by molar-refractivity contribution is 8.01. The third-order valence-electron chi connectivity index (χ3n) is 5.24. The summed E-state index contributed by atoms with van der Waals surface area (Å²) in [5, 5.41) is 3.84. The molecule has 146 valence electrons. The summed E-state index contributed by atoms with van der Waals surface area (Å²) < 4.78 is 27.0. The number of anilines is 1. The Morgan fingerprint density at radius 2 is 2.07 bits per heavy atom. The van der Waals surface area contributed by atoms with Gasteiger partial charge in [-0.3, -0.25) is 4.79 Å². The standard InChI is InChI=1S/C17H23N5O3S2/c1-11-8-12-9-18-17(21-15(12)20-16(11)23)19-13-2-5-22(6-3-13)27(24,25)14-4-7-26-10-14/h8-9,13-14H,2-7,10H2,1H3,(H2,18,19,20,21,23). The number of nitrogens with one attached hydrogen (secondary N) is 2. The summed E-state index contributed by atoms with van der Waals surface area (Å²) >= 11 is 1.72. The van der Waals surface area contributed by atoms with Crippen molar-refractivity contribution < 1.29 is 8.42 Å². The van der Waals surface area contributed by atoms with Gasteiger partial charge in [0.1, 0.15) is 5.65 Å². The van der Waals surface area contributed by atoms with E-state index in [2.05, 4.69) is 20.3 Å². The summed E-state index contributed by atoms with van der Waals surface area (Å²) in [6.45, 7) is 2.78. The maximum atomic E-state index is 12.7. The Morgan fingerprint density at radius 3 is 2.78 bits per heavy atom. The van der Waals surface area contributed by atoms with Gasteiger partial charge in [-0.25, -0.2) is 17.7 Å². The molecule has 10 heteroatoms. The molecule has 2 saturated heterocycles. The molecule has 0 bridgehead atoms. The van der Waals surface area contributed by atoms with E-state index >= 15 is 0 Å². The van der Waals surface area contributed by atoms with Crippen LogP contribution in [0.25, 0.3) is 11.0 Å². The van der Waals surface area contributed by atoms with Crippen LogP contribution < -0.4 is 10.9 Å². The first-order valence-electron chi connectivity index (χ1n) is 9.13. The molecule has 0 spiro atoms. The van der Waals surface area contributed by atoms with Crippen LogP contribution in [0.1, 0.15) is 24.8 Å². The number of thioether (sulfide) groups is 1. The van der Waals surface area contributed by atoms with Gasteiger partial charge in [0.2, 0.25) is 16.0 Å². The van der Waals surface area contributed by atoms with Gasteiger partial charge >= 0.3 is 0 Å². The van der Waals surface area contributed by atoms with Crippen LogP contribution in [0, 0.1) is 6.92 Å². The van der Waals surface area contributed by atoms with E-state index in [0.29, 0.717) is 48.8 Å². The molecule has 27 heavy (non-hydrogen) atoms. The van der Waals surface area contributed by atoms with Crippen molar-refractivity contribution in [3.63, 3.8) is 0 Å². The molecule has 4 heterocycles. The molecule has 2 N–H and O–H groups in total. The van der Waals surface area contributed by atoms with Gasteiger partial charge in [0, 0.05) is 42.0 Å². The van der Waals surface area contributed by atoms with Gasteiger partial charge in [-0.1, -0.05) is 0 Å². The molecule has 2 fully saturated rings. The molecule has 0 saturated carbocycles. The molecule has 8 nitrogen and oxygen atoms in total. The number of sulfonamides is 1. The summed E-state index contributed by atoms with van der Waals surface area (Å²) in [6.07, 6.45) is 3.87. The smallest absolute Gasteiger partial charge is 0.252 e. The van der Waals surface area contributed by atoms with E-state index in [-0.39, 0.29) is 16.9 Å². The maximum absolute atomic E-state index is 12.7. The Kier molecular flexibility index (Phi) is 5.13. The van der Waals surface area contributed by atoms with E-state index < -0.39 is 10.0 Å². The topological polar surface area (TPSA) is 108 Å². The van der Waals surface area contributed by atoms with E-state index in [4.69, 9.17) is 0 Å². The van der Waals surface area contributed by atoms with Gasteiger partial charge in [0.15, 0.2) is 0 Å². The van der Waals surface area contributed by atoms with Crippen molar-refractivity contribution in [3.8, 4) is 0 Å². The number of hydrogen-bond acceptors (Lipinski definition) is 7. The summed E-state index contributed by atoms with van der Waals surface area (Å²) in [4.78, 5) is 23.2. The van der Waals surface area contributed by atoms with Crippen LogP contribution in [0.5, 0.6) is 0 Å². The second-order valence-electron chi connectivity index (χ2n) is 7.13. The first kappa shape index (κ1) is 18.7. The highest BCUT2D eigenvalue weighted by Crippen LogP contribution is 2.28. The van der Waals surface area contributed by atoms with Crippen LogP contribution in [-0.2, 0) is 10.0 Å². The SMILES string of the molecule is Cc1cc2cnc(NC3CCN(S(=O)(=O)C4CCSC4)CC3)nc2[nH]c1=O. The van der Waals surface area contributed by atoms with E-state index in [1.54, 1.807) is 35.3 Å². The van der Waals surface area contributed by atoms with Gasteiger partial charge in [0.05, 0.1) is 5.25 Å². The van der Waals surface area contributed by atoms with Crippen LogP contribution in [0.3, 0.4) is 0 Å². The lowest BCUT2D eigenvalue weighted by atomic mass is 10.1. The van der Waals surface area contributed by atoms with Gasteiger partial charge in [-0.15, -0.1) is 0 Å². The average Bonchev–Trinajstić information content (AvgIpc) is 3.19.